The van der Waals surface area contributed by atoms with Gasteiger partial charge in [-0.05, 0) is 17.7 Å². The zero-order valence-electron chi connectivity index (χ0n) is 10.9. The van der Waals surface area contributed by atoms with Crippen molar-refractivity contribution >= 4 is 10.9 Å². The smallest absolute Gasteiger partial charge is 0.291 e. The highest BCUT2D eigenvalue weighted by Crippen LogP contribution is 2.34. The van der Waals surface area contributed by atoms with Gasteiger partial charge in [0.15, 0.2) is 5.75 Å². The van der Waals surface area contributed by atoms with Gasteiger partial charge in [0.1, 0.15) is 5.75 Å². The maximum atomic E-state index is 12.1. The Balaban J connectivity index is 2.46. The molecular weight excluding hydrogens is 254 g/mol. The molecule has 1 heterocycles. The third-order valence-electron chi connectivity index (χ3n) is 3.22. The number of nitrogens with one attached hydrogen (secondary N) is 1. The Morgan fingerprint density at radius 3 is 2.55 bits per heavy atom. The van der Waals surface area contributed by atoms with Crippen LogP contribution in [0.15, 0.2) is 53.3 Å². The molecule has 0 aliphatic heterocycles. The lowest BCUT2D eigenvalue weighted by atomic mass is 10.00. The van der Waals surface area contributed by atoms with Gasteiger partial charge < -0.3 is 14.8 Å². The molecule has 0 atom stereocenters. The lowest BCUT2D eigenvalue weighted by molar-refractivity contribution is 0.411. The molecule has 0 aliphatic carbocycles. The fourth-order valence-corrected chi connectivity index (χ4v) is 2.35. The number of methoxy groups -OCH3 is 1. The first-order valence-corrected chi connectivity index (χ1v) is 6.19. The summed E-state index contributed by atoms with van der Waals surface area (Å²) in [5.41, 5.74) is 1.89. The lowest BCUT2D eigenvalue weighted by Crippen LogP contribution is -2.11. The molecule has 0 spiro atoms. The summed E-state index contributed by atoms with van der Waals surface area (Å²) >= 11 is 0. The van der Waals surface area contributed by atoms with Gasteiger partial charge in [-0.2, -0.15) is 0 Å². The largest absolute Gasteiger partial charge is 0.508 e. The third kappa shape index (κ3) is 1.91. The topological polar surface area (TPSA) is 62.3 Å². The average Bonchev–Trinajstić information content (AvgIpc) is 2.46. The zero-order chi connectivity index (χ0) is 14.1. The molecule has 4 nitrogen and oxygen atoms in total. The molecule has 4 heteroatoms. The standard InChI is InChI=1S/C16H13NO3/c1-20-15-14(10-5-3-2-4-6-10)12-8-7-11(18)9-13(12)17-16(15)19/h2-9,18H,1H3,(H,17,19). The second-order valence-electron chi connectivity index (χ2n) is 4.46. The molecule has 3 rings (SSSR count). The highest BCUT2D eigenvalue weighted by Gasteiger charge is 2.15. The minimum Gasteiger partial charge on any atom is -0.508 e. The molecule has 2 aromatic carbocycles. The number of phenolic OH excluding ortho intramolecular Hbond substituents is 1. The molecule has 1 aromatic heterocycles. The zero-order valence-corrected chi connectivity index (χ0v) is 10.9. The molecule has 3 aromatic rings. The second kappa shape index (κ2) is 4.74. The van der Waals surface area contributed by atoms with Crippen LogP contribution in [0, 0.1) is 0 Å². The SMILES string of the molecule is COc1c(-c2ccccc2)c2ccc(O)cc2[nH]c1=O. The van der Waals surface area contributed by atoms with Crippen molar-refractivity contribution in [3.8, 4) is 22.6 Å². The van der Waals surface area contributed by atoms with Crippen molar-refractivity contribution in [2.75, 3.05) is 7.11 Å². The van der Waals surface area contributed by atoms with E-state index >= 15 is 0 Å². The summed E-state index contributed by atoms with van der Waals surface area (Å²) in [5, 5.41) is 10.4. The fraction of sp³-hybridized carbons (Fsp3) is 0.0625. The Morgan fingerprint density at radius 1 is 1.10 bits per heavy atom. The first-order valence-electron chi connectivity index (χ1n) is 6.19. The van der Waals surface area contributed by atoms with Crippen molar-refractivity contribution in [2.45, 2.75) is 0 Å². The summed E-state index contributed by atoms with van der Waals surface area (Å²) in [6, 6.07) is 14.5. The summed E-state index contributed by atoms with van der Waals surface area (Å²) in [6.45, 7) is 0. The molecule has 0 saturated carbocycles. The number of phenols is 1. The van der Waals surface area contributed by atoms with Gasteiger partial charge in [0.25, 0.3) is 5.56 Å². The molecule has 0 bridgehead atoms. The fourth-order valence-electron chi connectivity index (χ4n) is 2.35. The number of benzene rings is 2. The van der Waals surface area contributed by atoms with E-state index in [4.69, 9.17) is 4.74 Å². The average molecular weight is 267 g/mol. The van der Waals surface area contributed by atoms with Crippen LogP contribution in [0.2, 0.25) is 0 Å². The number of H-pyrrole nitrogens is 1. The van der Waals surface area contributed by atoms with Crippen LogP contribution < -0.4 is 10.3 Å². The van der Waals surface area contributed by atoms with E-state index in [0.29, 0.717) is 5.52 Å². The Bertz CT molecular complexity index is 822. The van der Waals surface area contributed by atoms with Crippen LogP contribution in [-0.2, 0) is 0 Å². The van der Waals surface area contributed by atoms with E-state index in [2.05, 4.69) is 4.98 Å². The first kappa shape index (κ1) is 12.3. The first-order chi connectivity index (χ1) is 9.70. The van der Waals surface area contributed by atoms with E-state index in [0.717, 1.165) is 16.5 Å². The number of fused-ring (bicyclic) bond motifs is 1. The van der Waals surface area contributed by atoms with Crippen molar-refractivity contribution in [2.24, 2.45) is 0 Å². The molecule has 0 aliphatic rings. The van der Waals surface area contributed by atoms with E-state index in [1.54, 1.807) is 12.1 Å². The molecule has 0 fully saturated rings. The van der Waals surface area contributed by atoms with Gasteiger partial charge in [0.05, 0.1) is 12.6 Å². The molecule has 100 valence electrons. The van der Waals surface area contributed by atoms with Gasteiger partial charge in [-0.3, -0.25) is 4.79 Å². The van der Waals surface area contributed by atoms with Crippen LogP contribution >= 0.6 is 0 Å². The van der Waals surface area contributed by atoms with Crippen LogP contribution in [0.5, 0.6) is 11.5 Å². The summed E-state index contributed by atoms with van der Waals surface area (Å²) in [6.07, 6.45) is 0. The van der Waals surface area contributed by atoms with Crippen molar-refractivity contribution in [1.29, 1.82) is 0 Å². The highest BCUT2D eigenvalue weighted by molar-refractivity contribution is 5.97. The number of aromatic amines is 1. The van der Waals surface area contributed by atoms with E-state index < -0.39 is 0 Å². The summed E-state index contributed by atoms with van der Waals surface area (Å²) in [5.74, 6) is 0.381. The van der Waals surface area contributed by atoms with Crippen molar-refractivity contribution in [3.05, 3.63) is 58.9 Å². The van der Waals surface area contributed by atoms with E-state index in [-0.39, 0.29) is 17.1 Å². The number of ether oxygens (including phenoxy) is 1. The van der Waals surface area contributed by atoms with Gasteiger partial charge >= 0.3 is 0 Å². The number of aromatic hydroxyl groups is 1. The van der Waals surface area contributed by atoms with Gasteiger partial charge in [0, 0.05) is 17.0 Å². The van der Waals surface area contributed by atoms with Gasteiger partial charge in [-0.1, -0.05) is 30.3 Å². The number of aromatic nitrogens is 1. The summed E-state index contributed by atoms with van der Waals surface area (Å²) < 4.78 is 5.26. The Labute approximate surface area is 115 Å². The van der Waals surface area contributed by atoms with Crippen molar-refractivity contribution in [1.82, 2.24) is 4.98 Å². The maximum Gasteiger partial charge on any atom is 0.291 e. The van der Waals surface area contributed by atoms with E-state index in [9.17, 15) is 9.90 Å². The van der Waals surface area contributed by atoms with E-state index in [1.807, 2.05) is 30.3 Å². The van der Waals surface area contributed by atoms with Crippen LogP contribution in [0.4, 0.5) is 0 Å². The molecule has 0 radical (unpaired) electrons. The van der Waals surface area contributed by atoms with Crippen LogP contribution in [-0.4, -0.2) is 17.2 Å². The predicted octanol–water partition coefficient (Wildman–Crippen LogP) is 2.91. The van der Waals surface area contributed by atoms with Gasteiger partial charge in [0.2, 0.25) is 0 Å². The maximum absolute atomic E-state index is 12.1. The molecule has 0 amide bonds. The highest BCUT2D eigenvalue weighted by atomic mass is 16.5. The number of hydrogen-bond donors (Lipinski definition) is 2. The van der Waals surface area contributed by atoms with E-state index in [1.165, 1.54) is 13.2 Å². The molecular formula is C16H13NO3. The number of hydrogen-bond acceptors (Lipinski definition) is 3. The molecule has 0 saturated heterocycles. The van der Waals surface area contributed by atoms with Crippen LogP contribution in [0.1, 0.15) is 0 Å². The monoisotopic (exact) mass is 267 g/mol. The quantitative estimate of drug-likeness (QED) is 0.750. The van der Waals surface area contributed by atoms with Crippen molar-refractivity contribution in [3.63, 3.8) is 0 Å². The Morgan fingerprint density at radius 2 is 1.85 bits per heavy atom. The normalized spacial score (nSPS) is 10.7. The van der Waals surface area contributed by atoms with Crippen LogP contribution in [0.3, 0.4) is 0 Å². The minimum atomic E-state index is -0.315. The minimum absolute atomic E-state index is 0.109. The molecule has 20 heavy (non-hydrogen) atoms. The summed E-state index contributed by atoms with van der Waals surface area (Å²) in [4.78, 5) is 14.8. The van der Waals surface area contributed by atoms with Crippen molar-refractivity contribution < 1.29 is 9.84 Å². The molecule has 2 N–H and O–H groups in total. The Hall–Kier alpha value is -2.75. The summed E-state index contributed by atoms with van der Waals surface area (Å²) in [7, 11) is 1.48. The van der Waals surface area contributed by atoms with Gasteiger partial charge in [-0.15, -0.1) is 0 Å². The lowest BCUT2D eigenvalue weighted by Gasteiger charge is -2.11. The Kier molecular flexibility index (Phi) is 2.91. The second-order valence-corrected chi connectivity index (χ2v) is 4.46. The van der Waals surface area contributed by atoms with Crippen LogP contribution in [0.25, 0.3) is 22.0 Å². The number of rotatable bonds is 2. The van der Waals surface area contributed by atoms with Gasteiger partial charge in [-0.25, -0.2) is 0 Å². The predicted molar refractivity (Wildman–Crippen MR) is 78.2 cm³/mol. The number of pyridine rings is 1. The molecule has 0 unspecified atom stereocenters. The third-order valence-corrected chi connectivity index (χ3v) is 3.22.